The summed E-state index contributed by atoms with van der Waals surface area (Å²) in [4.78, 5) is 29.9. The van der Waals surface area contributed by atoms with E-state index in [9.17, 15) is 14.7 Å². The standard InChI is InChI=1S/C19H20N2O5S/c22-17(14-4-2-12-27-14)15-16(13-3-1-9-26-13)21(19(24)18(15)23)6-5-20-7-10-25-11-8-20/h1-4,9,12,16,23H,5-8,10-11H2/t16-/m1/s1. The van der Waals surface area contributed by atoms with Crippen molar-refractivity contribution in [3.63, 3.8) is 0 Å². The Morgan fingerprint density at radius 2 is 2.04 bits per heavy atom. The SMILES string of the molecule is O=C(C1=C(O)C(=O)N(CCN2CCOCC2)[C@@H]1c1ccco1)c1cccs1. The van der Waals surface area contributed by atoms with Crippen LogP contribution in [0.2, 0.25) is 0 Å². The molecule has 1 atom stereocenters. The number of aliphatic hydroxyl groups is 1. The lowest BCUT2D eigenvalue weighted by atomic mass is 10.0. The first-order valence-corrected chi connectivity index (χ1v) is 9.70. The summed E-state index contributed by atoms with van der Waals surface area (Å²) in [5.41, 5.74) is 0.0828. The van der Waals surface area contributed by atoms with Gasteiger partial charge in [0.25, 0.3) is 5.91 Å². The Kier molecular flexibility index (Phi) is 5.11. The fourth-order valence-corrected chi connectivity index (χ4v) is 4.15. The molecule has 4 rings (SSSR count). The van der Waals surface area contributed by atoms with E-state index in [0.717, 1.165) is 13.1 Å². The Morgan fingerprint density at radius 1 is 1.22 bits per heavy atom. The number of hydrogen-bond acceptors (Lipinski definition) is 7. The Morgan fingerprint density at radius 3 is 2.70 bits per heavy atom. The van der Waals surface area contributed by atoms with Gasteiger partial charge < -0.3 is 19.2 Å². The lowest BCUT2D eigenvalue weighted by Crippen LogP contribution is -2.43. The van der Waals surface area contributed by atoms with E-state index in [-0.39, 0.29) is 11.4 Å². The van der Waals surface area contributed by atoms with E-state index < -0.39 is 17.7 Å². The Labute approximate surface area is 160 Å². The summed E-state index contributed by atoms with van der Waals surface area (Å²) in [6.07, 6.45) is 1.50. The Bertz CT molecular complexity index is 838. The fraction of sp³-hybridized carbons (Fsp3) is 0.368. The number of morpholine rings is 1. The van der Waals surface area contributed by atoms with Crippen molar-refractivity contribution >= 4 is 23.0 Å². The number of furan rings is 1. The number of thiophene rings is 1. The number of nitrogens with zero attached hydrogens (tertiary/aromatic N) is 2. The number of Topliss-reactive ketones (excluding diaryl/α,β-unsaturated/α-hetero) is 1. The first-order valence-electron chi connectivity index (χ1n) is 8.82. The quantitative estimate of drug-likeness (QED) is 0.765. The number of ketones is 1. The highest BCUT2D eigenvalue weighted by Gasteiger charge is 2.45. The molecule has 27 heavy (non-hydrogen) atoms. The third kappa shape index (κ3) is 3.43. The lowest BCUT2D eigenvalue weighted by Gasteiger charge is -2.30. The van der Waals surface area contributed by atoms with Crippen molar-refractivity contribution in [2.24, 2.45) is 0 Å². The third-order valence-corrected chi connectivity index (χ3v) is 5.74. The zero-order valence-corrected chi connectivity index (χ0v) is 15.5. The number of carbonyl (C=O) groups is 2. The molecule has 7 nitrogen and oxygen atoms in total. The minimum Gasteiger partial charge on any atom is -0.503 e. The van der Waals surface area contributed by atoms with Crippen LogP contribution in [0.1, 0.15) is 21.5 Å². The highest BCUT2D eigenvalue weighted by molar-refractivity contribution is 7.12. The van der Waals surface area contributed by atoms with Crippen LogP contribution >= 0.6 is 11.3 Å². The summed E-state index contributed by atoms with van der Waals surface area (Å²) in [5.74, 6) is -0.901. The first-order chi connectivity index (χ1) is 13.2. The molecule has 2 aliphatic heterocycles. The number of ether oxygens (including phenoxy) is 1. The molecule has 1 amide bonds. The second-order valence-corrected chi connectivity index (χ2v) is 7.39. The van der Waals surface area contributed by atoms with E-state index >= 15 is 0 Å². The highest BCUT2D eigenvalue weighted by atomic mass is 32.1. The molecule has 0 spiro atoms. The summed E-state index contributed by atoms with van der Waals surface area (Å²) >= 11 is 1.28. The second-order valence-electron chi connectivity index (χ2n) is 6.44. The molecule has 2 aromatic rings. The second kappa shape index (κ2) is 7.67. The molecule has 4 heterocycles. The maximum absolute atomic E-state index is 13.0. The number of carbonyl (C=O) groups excluding carboxylic acids is 2. The van der Waals surface area contributed by atoms with Crippen LogP contribution in [0.5, 0.6) is 0 Å². The highest BCUT2D eigenvalue weighted by Crippen LogP contribution is 2.39. The Balaban J connectivity index is 1.62. The molecule has 142 valence electrons. The van der Waals surface area contributed by atoms with Gasteiger partial charge in [0.15, 0.2) is 5.76 Å². The number of rotatable bonds is 6. The molecule has 0 unspecified atom stereocenters. The molecular formula is C19H20N2O5S. The van der Waals surface area contributed by atoms with Crippen LogP contribution in [0.3, 0.4) is 0 Å². The van der Waals surface area contributed by atoms with Gasteiger partial charge in [0.05, 0.1) is 29.9 Å². The van der Waals surface area contributed by atoms with Gasteiger partial charge in [-0.1, -0.05) is 6.07 Å². The average molecular weight is 388 g/mol. The predicted molar refractivity (Wildman–Crippen MR) is 98.7 cm³/mol. The monoisotopic (exact) mass is 388 g/mol. The molecular weight excluding hydrogens is 368 g/mol. The topological polar surface area (TPSA) is 83.2 Å². The number of amides is 1. The molecule has 1 N–H and O–H groups in total. The van der Waals surface area contributed by atoms with Gasteiger partial charge in [0.2, 0.25) is 5.78 Å². The molecule has 0 radical (unpaired) electrons. The summed E-state index contributed by atoms with van der Waals surface area (Å²) in [6, 6.07) is 6.17. The molecule has 8 heteroatoms. The fourth-order valence-electron chi connectivity index (χ4n) is 3.47. The van der Waals surface area contributed by atoms with Gasteiger partial charge >= 0.3 is 0 Å². The van der Waals surface area contributed by atoms with Crippen LogP contribution in [0.15, 0.2) is 51.7 Å². The maximum atomic E-state index is 13.0. The zero-order chi connectivity index (χ0) is 18.8. The number of hydrogen-bond donors (Lipinski definition) is 1. The van der Waals surface area contributed by atoms with Gasteiger partial charge in [-0.05, 0) is 23.6 Å². The third-order valence-electron chi connectivity index (χ3n) is 4.87. The van der Waals surface area contributed by atoms with Gasteiger partial charge in [-0.2, -0.15) is 0 Å². The average Bonchev–Trinajstić information content (AvgIpc) is 3.43. The summed E-state index contributed by atoms with van der Waals surface area (Å²) in [6.45, 7) is 3.96. The van der Waals surface area contributed by atoms with Crippen LogP contribution in [0.4, 0.5) is 0 Å². The van der Waals surface area contributed by atoms with E-state index in [2.05, 4.69) is 4.90 Å². The van der Waals surface area contributed by atoms with E-state index in [1.807, 2.05) is 0 Å². The van der Waals surface area contributed by atoms with Crippen LogP contribution in [0, 0.1) is 0 Å². The van der Waals surface area contributed by atoms with Crippen LogP contribution in [-0.2, 0) is 9.53 Å². The minimum absolute atomic E-state index is 0.0828. The maximum Gasteiger partial charge on any atom is 0.290 e. The number of aliphatic hydroxyl groups excluding tert-OH is 1. The normalized spacial score (nSPS) is 21.3. The molecule has 0 aliphatic carbocycles. The van der Waals surface area contributed by atoms with Crippen LogP contribution in [0.25, 0.3) is 0 Å². The molecule has 2 aromatic heterocycles. The molecule has 0 bridgehead atoms. The summed E-state index contributed by atoms with van der Waals surface area (Å²) in [5, 5.41) is 12.3. The zero-order valence-electron chi connectivity index (χ0n) is 14.7. The molecule has 0 saturated carbocycles. The Hall–Kier alpha value is -2.42. The van der Waals surface area contributed by atoms with Crippen molar-refractivity contribution < 1.29 is 23.8 Å². The van der Waals surface area contributed by atoms with E-state index in [0.29, 0.717) is 36.9 Å². The lowest BCUT2D eigenvalue weighted by molar-refractivity contribution is -0.130. The molecule has 1 saturated heterocycles. The van der Waals surface area contributed by atoms with Gasteiger partial charge in [0, 0.05) is 26.2 Å². The molecule has 2 aliphatic rings. The van der Waals surface area contributed by atoms with Crippen molar-refractivity contribution in [2.45, 2.75) is 6.04 Å². The van der Waals surface area contributed by atoms with E-state index in [4.69, 9.17) is 9.15 Å². The van der Waals surface area contributed by atoms with Gasteiger partial charge in [-0.15, -0.1) is 11.3 Å². The minimum atomic E-state index is -0.719. The first kappa shape index (κ1) is 18.0. The van der Waals surface area contributed by atoms with Crippen molar-refractivity contribution in [1.82, 2.24) is 9.80 Å². The summed E-state index contributed by atoms with van der Waals surface area (Å²) < 4.78 is 10.9. The van der Waals surface area contributed by atoms with E-state index in [1.54, 1.807) is 29.6 Å². The van der Waals surface area contributed by atoms with Gasteiger partial charge in [-0.3, -0.25) is 14.5 Å². The molecule has 1 fully saturated rings. The van der Waals surface area contributed by atoms with Crippen molar-refractivity contribution in [3.05, 3.63) is 57.9 Å². The molecule has 0 aromatic carbocycles. The van der Waals surface area contributed by atoms with Gasteiger partial charge in [0.1, 0.15) is 11.8 Å². The largest absolute Gasteiger partial charge is 0.503 e. The van der Waals surface area contributed by atoms with Crippen LogP contribution in [-0.4, -0.2) is 66.0 Å². The van der Waals surface area contributed by atoms with Crippen molar-refractivity contribution in [2.75, 3.05) is 39.4 Å². The van der Waals surface area contributed by atoms with Gasteiger partial charge in [-0.25, -0.2) is 0 Å². The van der Waals surface area contributed by atoms with E-state index in [1.165, 1.54) is 22.5 Å². The summed E-state index contributed by atoms with van der Waals surface area (Å²) in [7, 11) is 0. The smallest absolute Gasteiger partial charge is 0.290 e. The van der Waals surface area contributed by atoms with Crippen LogP contribution < -0.4 is 0 Å². The van der Waals surface area contributed by atoms with Crippen molar-refractivity contribution in [1.29, 1.82) is 0 Å². The predicted octanol–water partition coefficient (Wildman–Crippen LogP) is 2.25. The van der Waals surface area contributed by atoms with Crippen molar-refractivity contribution in [3.8, 4) is 0 Å².